The smallest absolute Gasteiger partial charge is 0.0851 e. The average Bonchev–Trinajstić information content (AvgIpc) is 1.85. The Morgan fingerprint density at radius 3 is 2.70 bits per heavy atom. The Balaban J connectivity index is 3.21. The fourth-order valence-electron chi connectivity index (χ4n) is 0.582. The molecule has 0 amide bonds. The largest absolute Gasteiger partial charge is 0.513 e. The highest BCUT2D eigenvalue weighted by molar-refractivity contribution is 8.76. The van der Waals surface area contributed by atoms with Crippen LogP contribution in [0.5, 0.6) is 0 Å². The summed E-state index contributed by atoms with van der Waals surface area (Å²) in [6, 6.07) is 0. The van der Waals surface area contributed by atoms with Crippen molar-refractivity contribution in [2.75, 3.05) is 6.26 Å². The van der Waals surface area contributed by atoms with Crippen LogP contribution in [0.25, 0.3) is 0 Å². The molecule has 0 aliphatic carbocycles. The SMILES string of the molecule is C=C(O)CCC(C)SSC. The maximum Gasteiger partial charge on any atom is 0.0851 e. The van der Waals surface area contributed by atoms with Crippen molar-refractivity contribution in [3.63, 3.8) is 0 Å². The molecule has 60 valence electrons. The van der Waals surface area contributed by atoms with Gasteiger partial charge in [0.15, 0.2) is 0 Å². The second kappa shape index (κ2) is 5.98. The zero-order valence-electron chi connectivity index (χ0n) is 6.46. The van der Waals surface area contributed by atoms with Crippen LogP contribution in [0.1, 0.15) is 19.8 Å². The van der Waals surface area contributed by atoms with Crippen molar-refractivity contribution in [1.29, 1.82) is 0 Å². The van der Waals surface area contributed by atoms with Gasteiger partial charge < -0.3 is 5.11 Å². The lowest BCUT2D eigenvalue weighted by Crippen LogP contribution is -1.94. The molecule has 0 aliphatic heterocycles. The minimum atomic E-state index is 0.300. The van der Waals surface area contributed by atoms with E-state index in [1.807, 2.05) is 10.8 Å². The molecular formula is C7H14OS2. The van der Waals surface area contributed by atoms with E-state index in [2.05, 4.69) is 19.8 Å². The van der Waals surface area contributed by atoms with E-state index in [4.69, 9.17) is 5.11 Å². The maximum atomic E-state index is 8.76. The Bertz CT molecular complexity index is 104. The third-order valence-electron chi connectivity index (χ3n) is 1.10. The van der Waals surface area contributed by atoms with Crippen LogP contribution in [0.3, 0.4) is 0 Å². The monoisotopic (exact) mass is 178 g/mol. The maximum absolute atomic E-state index is 8.76. The molecule has 0 bridgehead atoms. The van der Waals surface area contributed by atoms with E-state index in [1.165, 1.54) is 0 Å². The van der Waals surface area contributed by atoms with Crippen LogP contribution >= 0.6 is 21.6 Å². The van der Waals surface area contributed by atoms with E-state index in [1.54, 1.807) is 10.8 Å². The first-order valence-electron chi connectivity index (χ1n) is 3.23. The topological polar surface area (TPSA) is 20.2 Å². The summed E-state index contributed by atoms with van der Waals surface area (Å²) in [5.74, 6) is 0.300. The summed E-state index contributed by atoms with van der Waals surface area (Å²) in [7, 11) is 3.60. The molecular weight excluding hydrogens is 164 g/mol. The van der Waals surface area contributed by atoms with E-state index in [0.717, 1.165) is 12.8 Å². The molecule has 10 heavy (non-hydrogen) atoms. The fourth-order valence-corrected chi connectivity index (χ4v) is 2.40. The third-order valence-corrected chi connectivity index (χ3v) is 3.42. The predicted molar refractivity (Wildman–Crippen MR) is 51.6 cm³/mol. The van der Waals surface area contributed by atoms with Crippen LogP contribution in [0.15, 0.2) is 12.3 Å². The molecule has 0 spiro atoms. The number of aliphatic hydroxyl groups excluding tert-OH is 1. The number of hydrogen-bond acceptors (Lipinski definition) is 3. The predicted octanol–water partition coefficient (Wildman–Crippen LogP) is 3.24. The van der Waals surface area contributed by atoms with Crippen LogP contribution in [0, 0.1) is 0 Å². The fraction of sp³-hybridized carbons (Fsp3) is 0.714. The van der Waals surface area contributed by atoms with Crippen molar-refractivity contribution in [3.8, 4) is 0 Å². The minimum absolute atomic E-state index is 0.300. The zero-order valence-corrected chi connectivity index (χ0v) is 8.10. The molecule has 0 radical (unpaired) electrons. The van der Waals surface area contributed by atoms with Gasteiger partial charge in [0, 0.05) is 11.7 Å². The molecule has 3 heteroatoms. The lowest BCUT2D eigenvalue weighted by Gasteiger charge is -2.06. The minimum Gasteiger partial charge on any atom is -0.513 e. The first-order valence-corrected chi connectivity index (χ1v) is 5.85. The molecule has 0 fully saturated rings. The van der Waals surface area contributed by atoms with Crippen LogP contribution in [-0.4, -0.2) is 16.6 Å². The molecule has 1 unspecified atom stereocenters. The van der Waals surface area contributed by atoms with Gasteiger partial charge in [-0.2, -0.15) is 0 Å². The number of aliphatic hydroxyl groups is 1. The van der Waals surface area contributed by atoms with Crippen molar-refractivity contribution < 1.29 is 5.11 Å². The summed E-state index contributed by atoms with van der Waals surface area (Å²) in [6.07, 6.45) is 3.81. The van der Waals surface area contributed by atoms with E-state index in [9.17, 15) is 0 Å². The number of hydrogen-bond donors (Lipinski definition) is 1. The third kappa shape index (κ3) is 6.36. The van der Waals surface area contributed by atoms with Gasteiger partial charge in [0.25, 0.3) is 0 Å². The first kappa shape index (κ1) is 10.2. The van der Waals surface area contributed by atoms with Crippen molar-refractivity contribution in [1.82, 2.24) is 0 Å². The van der Waals surface area contributed by atoms with Gasteiger partial charge in [-0.05, 0) is 12.7 Å². The Kier molecular flexibility index (Phi) is 6.13. The van der Waals surface area contributed by atoms with Crippen molar-refractivity contribution >= 4 is 21.6 Å². The summed E-state index contributed by atoms with van der Waals surface area (Å²) in [5.41, 5.74) is 0. The highest BCUT2D eigenvalue weighted by Gasteiger charge is 2.01. The highest BCUT2D eigenvalue weighted by atomic mass is 33.1. The van der Waals surface area contributed by atoms with Gasteiger partial charge in [0.05, 0.1) is 5.76 Å². The number of allylic oxidation sites excluding steroid dienone is 1. The zero-order chi connectivity index (χ0) is 7.98. The van der Waals surface area contributed by atoms with Gasteiger partial charge >= 0.3 is 0 Å². The molecule has 0 heterocycles. The second-order valence-corrected chi connectivity index (χ2v) is 5.09. The van der Waals surface area contributed by atoms with Gasteiger partial charge in [0.1, 0.15) is 0 Å². The van der Waals surface area contributed by atoms with Crippen LogP contribution in [0.2, 0.25) is 0 Å². The van der Waals surface area contributed by atoms with E-state index in [-0.39, 0.29) is 0 Å². The average molecular weight is 178 g/mol. The first-order chi connectivity index (χ1) is 4.66. The highest BCUT2D eigenvalue weighted by Crippen LogP contribution is 2.26. The quantitative estimate of drug-likeness (QED) is 0.515. The summed E-state index contributed by atoms with van der Waals surface area (Å²) >= 11 is 0. The molecule has 0 aromatic heterocycles. The second-order valence-electron chi connectivity index (χ2n) is 2.18. The Hall–Kier alpha value is 0.240. The molecule has 0 rings (SSSR count). The van der Waals surface area contributed by atoms with Crippen LogP contribution in [-0.2, 0) is 0 Å². The van der Waals surface area contributed by atoms with Crippen molar-refractivity contribution in [2.45, 2.75) is 25.0 Å². The lowest BCUT2D eigenvalue weighted by molar-refractivity contribution is 0.387. The molecule has 0 aromatic carbocycles. The summed E-state index contributed by atoms with van der Waals surface area (Å²) < 4.78 is 0. The van der Waals surface area contributed by atoms with Crippen LogP contribution in [0.4, 0.5) is 0 Å². The van der Waals surface area contributed by atoms with Gasteiger partial charge in [-0.3, -0.25) is 0 Å². The molecule has 0 saturated carbocycles. The Morgan fingerprint density at radius 1 is 1.70 bits per heavy atom. The van der Waals surface area contributed by atoms with Gasteiger partial charge in [-0.15, -0.1) is 0 Å². The lowest BCUT2D eigenvalue weighted by atomic mass is 10.2. The molecule has 1 nitrogen and oxygen atoms in total. The van der Waals surface area contributed by atoms with Crippen LogP contribution < -0.4 is 0 Å². The molecule has 1 N–H and O–H groups in total. The van der Waals surface area contributed by atoms with Gasteiger partial charge in [-0.1, -0.05) is 35.1 Å². The Labute approximate surface area is 70.7 Å². The molecule has 0 aliphatic rings. The van der Waals surface area contributed by atoms with Crippen molar-refractivity contribution in [2.24, 2.45) is 0 Å². The van der Waals surface area contributed by atoms with E-state index in [0.29, 0.717) is 11.0 Å². The molecule has 1 atom stereocenters. The Morgan fingerprint density at radius 2 is 2.30 bits per heavy atom. The summed E-state index contributed by atoms with van der Waals surface area (Å²) in [4.78, 5) is 0. The number of rotatable bonds is 5. The van der Waals surface area contributed by atoms with E-state index >= 15 is 0 Å². The normalized spacial score (nSPS) is 13.0. The van der Waals surface area contributed by atoms with Gasteiger partial charge in [-0.25, -0.2) is 0 Å². The molecule has 0 aromatic rings. The summed E-state index contributed by atoms with van der Waals surface area (Å²) in [6.45, 7) is 5.58. The molecule has 0 saturated heterocycles. The standard InChI is InChI=1S/C7H14OS2/c1-6(8)4-5-7(2)10-9-3/h7-8H,1,4-5H2,2-3H3. The van der Waals surface area contributed by atoms with Gasteiger partial charge in [0.2, 0.25) is 0 Å². The van der Waals surface area contributed by atoms with Crippen molar-refractivity contribution in [3.05, 3.63) is 12.3 Å². The summed E-state index contributed by atoms with van der Waals surface area (Å²) in [5, 5.41) is 9.37. The van der Waals surface area contributed by atoms with E-state index < -0.39 is 0 Å².